The van der Waals surface area contributed by atoms with E-state index in [2.05, 4.69) is 10.6 Å². The van der Waals surface area contributed by atoms with Crippen LogP contribution >= 0.6 is 0 Å². The van der Waals surface area contributed by atoms with Crippen LogP contribution in [0.3, 0.4) is 0 Å². The lowest BCUT2D eigenvalue weighted by atomic mass is 9.99. The smallest absolute Gasteiger partial charge is 0.262 e. The van der Waals surface area contributed by atoms with Crippen LogP contribution in [0.25, 0.3) is 0 Å². The molecule has 2 aromatic rings. The summed E-state index contributed by atoms with van der Waals surface area (Å²) in [6.07, 6.45) is 1.05. The third kappa shape index (κ3) is 4.14. The van der Waals surface area contributed by atoms with Crippen molar-refractivity contribution in [3.63, 3.8) is 0 Å². The summed E-state index contributed by atoms with van der Waals surface area (Å²) >= 11 is 0. The summed E-state index contributed by atoms with van der Waals surface area (Å²) in [7, 11) is -3.87. The monoisotopic (exact) mass is 433 g/mol. The quantitative estimate of drug-likeness (QED) is 0.769. The van der Waals surface area contributed by atoms with Gasteiger partial charge < -0.3 is 15.4 Å². The lowest BCUT2D eigenvalue weighted by Gasteiger charge is -2.31. The Balaban J connectivity index is 1.50. The van der Waals surface area contributed by atoms with Crippen molar-refractivity contribution < 1.29 is 27.1 Å². The van der Waals surface area contributed by atoms with Crippen molar-refractivity contribution in [2.45, 2.75) is 17.7 Å². The van der Waals surface area contributed by atoms with Crippen molar-refractivity contribution in [2.75, 3.05) is 30.3 Å². The third-order valence-corrected chi connectivity index (χ3v) is 6.93. The molecule has 0 aromatic heterocycles. The first-order valence-corrected chi connectivity index (χ1v) is 10.9. The number of ether oxygens (including phenoxy) is 1. The molecular weight excluding hydrogens is 413 g/mol. The van der Waals surface area contributed by atoms with Gasteiger partial charge in [-0.25, -0.2) is 12.8 Å². The van der Waals surface area contributed by atoms with Crippen LogP contribution < -0.4 is 15.4 Å². The summed E-state index contributed by atoms with van der Waals surface area (Å²) in [6, 6.07) is 9.82. The molecule has 0 bridgehead atoms. The van der Waals surface area contributed by atoms with Crippen LogP contribution in [0.15, 0.2) is 47.4 Å². The van der Waals surface area contributed by atoms with Crippen LogP contribution in [0.5, 0.6) is 5.75 Å². The highest BCUT2D eigenvalue weighted by Crippen LogP contribution is 2.32. The minimum Gasteiger partial charge on any atom is -0.482 e. The van der Waals surface area contributed by atoms with Crippen molar-refractivity contribution in [2.24, 2.45) is 5.92 Å². The van der Waals surface area contributed by atoms with Gasteiger partial charge in [0.2, 0.25) is 15.9 Å². The fourth-order valence-electron chi connectivity index (χ4n) is 3.56. The number of nitrogens with one attached hydrogen (secondary N) is 2. The van der Waals surface area contributed by atoms with Crippen molar-refractivity contribution in [3.8, 4) is 5.75 Å². The van der Waals surface area contributed by atoms with E-state index in [1.54, 1.807) is 6.07 Å². The van der Waals surface area contributed by atoms with Crippen molar-refractivity contribution in [3.05, 3.63) is 48.3 Å². The van der Waals surface area contributed by atoms with Crippen molar-refractivity contribution >= 4 is 33.2 Å². The number of amides is 2. The van der Waals surface area contributed by atoms with E-state index in [1.165, 1.54) is 40.7 Å². The first kappa shape index (κ1) is 20.3. The number of rotatable bonds is 4. The molecule has 0 unspecified atom stereocenters. The fourth-order valence-corrected chi connectivity index (χ4v) is 5.11. The number of carbonyl (C=O) groups excluding carboxylic acids is 2. The Morgan fingerprint density at radius 3 is 2.87 bits per heavy atom. The SMILES string of the molecule is O=C1COc2ccc(S(=O)(=O)N3CCC[C@H](C(=O)Nc4cccc(F)c4)C3)cc2N1. The fraction of sp³-hybridized carbons (Fsp3) is 0.300. The maximum absolute atomic E-state index is 13.3. The number of hydrogen-bond acceptors (Lipinski definition) is 5. The number of fused-ring (bicyclic) bond motifs is 1. The highest BCUT2D eigenvalue weighted by molar-refractivity contribution is 7.89. The summed E-state index contributed by atoms with van der Waals surface area (Å²) in [5, 5.41) is 5.24. The van der Waals surface area contributed by atoms with E-state index in [0.717, 1.165) is 0 Å². The second-order valence-electron chi connectivity index (χ2n) is 7.20. The van der Waals surface area contributed by atoms with Crippen molar-refractivity contribution in [1.82, 2.24) is 4.31 Å². The molecule has 0 saturated carbocycles. The molecule has 2 N–H and O–H groups in total. The Hall–Kier alpha value is -2.98. The number of halogens is 1. The maximum Gasteiger partial charge on any atom is 0.262 e. The van der Waals surface area contributed by atoms with E-state index in [1.807, 2.05) is 0 Å². The summed E-state index contributed by atoms with van der Waals surface area (Å²) in [6.45, 7) is 0.183. The Morgan fingerprint density at radius 2 is 2.07 bits per heavy atom. The summed E-state index contributed by atoms with van der Waals surface area (Å²) < 4.78 is 46.1. The predicted molar refractivity (Wildman–Crippen MR) is 107 cm³/mol. The van der Waals surface area contributed by atoms with Gasteiger partial charge in [-0.15, -0.1) is 0 Å². The summed E-state index contributed by atoms with van der Waals surface area (Å²) in [5.41, 5.74) is 0.621. The van der Waals surface area contributed by atoms with E-state index in [-0.39, 0.29) is 36.4 Å². The maximum atomic E-state index is 13.3. The first-order valence-electron chi connectivity index (χ1n) is 9.46. The molecule has 0 spiro atoms. The van der Waals surface area contributed by atoms with Crippen LogP contribution in [0.2, 0.25) is 0 Å². The largest absolute Gasteiger partial charge is 0.482 e. The Kier molecular flexibility index (Phi) is 5.44. The Bertz CT molecular complexity index is 1110. The molecule has 4 rings (SSSR count). The third-order valence-electron chi connectivity index (χ3n) is 5.07. The molecule has 2 heterocycles. The second-order valence-corrected chi connectivity index (χ2v) is 9.13. The standard InChI is InChI=1S/C20H20FN3O5S/c21-14-4-1-5-15(9-14)22-20(26)13-3-2-8-24(11-13)30(27,28)16-6-7-18-17(10-16)23-19(25)12-29-18/h1,4-7,9-10,13H,2-3,8,11-12H2,(H,22,26)(H,23,25)/t13-/m0/s1. The lowest BCUT2D eigenvalue weighted by molar-refractivity contribution is -0.121. The van der Waals surface area contributed by atoms with Gasteiger partial charge in [-0.05, 0) is 49.2 Å². The first-order chi connectivity index (χ1) is 14.3. The van der Waals surface area contributed by atoms with Gasteiger partial charge in [0.25, 0.3) is 5.91 Å². The zero-order chi connectivity index (χ0) is 21.3. The van der Waals surface area contributed by atoms with Gasteiger partial charge >= 0.3 is 0 Å². The second kappa shape index (κ2) is 8.04. The zero-order valence-corrected chi connectivity index (χ0v) is 16.7. The molecule has 30 heavy (non-hydrogen) atoms. The molecule has 2 aliphatic rings. The predicted octanol–water partition coefficient (Wildman–Crippen LogP) is 2.20. The van der Waals surface area contributed by atoms with Gasteiger partial charge in [0, 0.05) is 18.8 Å². The van der Waals surface area contributed by atoms with Crippen LogP contribution in [-0.2, 0) is 19.6 Å². The van der Waals surface area contributed by atoms with Gasteiger partial charge in [-0.2, -0.15) is 4.31 Å². The molecule has 2 amide bonds. The van der Waals surface area contributed by atoms with E-state index >= 15 is 0 Å². The molecule has 8 nitrogen and oxygen atoms in total. The highest BCUT2D eigenvalue weighted by atomic mass is 32.2. The Labute approximate surface area is 173 Å². The van der Waals surface area contributed by atoms with Crippen molar-refractivity contribution in [1.29, 1.82) is 0 Å². The summed E-state index contributed by atoms with van der Waals surface area (Å²) in [5.74, 6) is -1.34. The minimum absolute atomic E-state index is 0.0123. The highest BCUT2D eigenvalue weighted by Gasteiger charge is 2.34. The molecule has 2 aliphatic heterocycles. The molecule has 158 valence electrons. The van der Waals surface area contributed by atoms with E-state index < -0.39 is 21.8 Å². The molecule has 0 aliphatic carbocycles. The molecule has 1 atom stereocenters. The summed E-state index contributed by atoms with van der Waals surface area (Å²) in [4.78, 5) is 24.1. The van der Waals surface area contributed by atoms with Gasteiger partial charge in [0.15, 0.2) is 6.61 Å². The van der Waals surface area contributed by atoms with Crippen LogP contribution in [0.1, 0.15) is 12.8 Å². The Morgan fingerprint density at radius 1 is 1.23 bits per heavy atom. The number of nitrogens with zero attached hydrogens (tertiary/aromatic N) is 1. The lowest BCUT2D eigenvalue weighted by Crippen LogP contribution is -2.43. The number of anilines is 2. The normalized spacial score (nSPS) is 19.4. The number of piperidine rings is 1. The molecule has 1 fully saturated rings. The van der Waals surface area contributed by atoms with Crippen LogP contribution in [0.4, 0.5) is 15.8 Å². The molecule has 2 aromatic carbocycles. The number of benzene rings is 2. The van der Waals surface area contributed by atoms with Gasteiger partial charge in [0.1, 0.15) is 11.6 Å². The average Bonchev–Trinajstić information content (AvgIpc) is 2.73. The number of hydrogen-bond donors (Lipinski definition) is 2. The molecule has 1 saturated heterocycles. The molecular formula is C20H20FN3O5S. The zero-order valence-electron chi connectivity index (χ0n) is 15.9. The van der Waals surface area contributed by atoms with Crippen LogP contribution in [-0.4, -0.2) is 44.2 Å². The van der Waals surface area contributed by atoms with Gasteiger partial charge in [-0.1, -0.05) is 6.07 Å². The number of carbonyl (C=O) groups is 2. The molecule has 10 heteroatoms. The minimum atomic E-state index is -3.87. The molecule has 0 radical (unpaired) electrons. The topological polar surface area (TPSA) is 105 Å². The van der Waals surface area contributed by atoms with Crippen LogP contribution in [0, 0.1) is 11.7 Å². The van der Waals surface area contributed by atoms with Gasteiger partial charge in [0.05, 0.1) is 16.5 Å². The van der Waals surface area contributed by atoms with E-state index in [4.69, 9.17) is 4.74 Å². The number of sulfonamides is 1. The average molecular weight is 433 g/mol. The van der Waals surface area contributed by atoms with E-state index in [9.17, 15) is 22.4 Å². The van der Waals surface area contributed by atoms with E-state index in [0.29, 0.717) is 30.0 Å². The van der Waals surface area contributed by atoms with Gasteiger partial charge in [-0.3, -0.25) is 9.59 Å².